The Hall–Kier alpha value is -1.68. The van der Waals surface area contributed by atoms with Gasteiger partial charge in [-0.05, 0) is 5.56 Å². The van der Waals surface area contributed by atoms with Gasteiger partial charge in [-0.3, -0.25) is 4.79 Å². The smallest absolute Gasteiger partial charge is 0.226 e. The van der Waals surface area contributed by atoms with E-state index in [2.05, 4.69) is 24.1 Å². The Balaban J connectivity index is 1.84. The second-order valence-electron chi connectivity index (χ2n) is 4.77. The minimum atomic E-state index is 0.0180. The standard InChI is InChI=1S/C15H18N2OS/c1-11(2)15-17-13(10-19-15)8-14(18)16-9-12-6-4-3-5-7-12/h3-7,10-11H,8-9H2,1-2H3,(H,16,18). The molecule has 19 heavy (non-hydrogen) atoms. The predicted molar refractivity (Wildman–Crippen MR) is 78.2 cm³/mol. The number of nitrogens with zero attached hydrogens (tertiary/aromatic N) is 1. The molecule has 0 fully saturated rings. The van der Waals surface area contributed by atoms with Gasteiger partial charge in [0, 0.05) is 17.8 Å². The molecule has 0 aliphatic rings. The van der Waals surface area contributed by atoms with Crippen molar-refractivity contribution in [1.82, 2.24) is 10.3 Å². The summed E-state index contributed by atoms with van der Waals surface area (Å²) in [6, 6.07) is 9.90. The molecule has 0 atom stereocenters. The van der Waals surface area contributed by atoms with E-state index in [9.17, 15) is 4.79 Å². The van der Waals surface area contributed by atoms with Gasteiger partial charge in [0.1, 0.15) is 0 Å². The average molecular weight is 274 g/mol. The summed E-state index contributed by atoms with van der Waals surface area (Å²) in [5.41, 5.74) is 1.97. The minimum absolute atomic E-state index is 0.0180. The Morgan fingerprint density at radius 3 is 2.68 bits per heavy atom. The van der Waals surface area contributed by atoms with Gasteiger partial charge >= 0.3 is 0 Å². The first-order chi connectivity index (χ1) is 9.15. The zero-order valence-electron chi connectivity index (χ0n) is 11.2. The molecule has 3 nitrogen and oxygen atoms in total. The van der Waals surface area contributed by atoms with Crippen molar-refractivity contribution < 1.29 is 4.79 Å². The Morgan fingerprint density at radius 1 is 1.32 bits per heavy atom. The Kier molecular flexibility index (Phi) is 4.68. The molecule has 1 aromatic carbocycles. The van der Waals surface area contributed by atoms with Crippen LogP contribution < -0.4 is 5.32 Å². The van der Waals surface area contributed by atoms with E-state index < -0.39 is 0 Å². The molecular formula is C15H18N2OS. The van der Waals surface area contributed by atoms with E-state index in [0.29, 0.717) is 18.9 Å². The third-order valence-corrected chi connectivity index (χ3v) is 3.93. The minimum Gasteiger partial charge on any atom is -0.352 e. The summed E-state index contributed by atoms with van der Waals surface area (Å²) in [5.74, 6) is 0.440. The third kappa shape index (κ3) is 4.17. The number of carbonyl (C=O) groups is 1. The number of benzene rings is 1. The lowest BCUT2D eigenvalue weighted by Gasteiger charge is -2.04. The molecule has 0 saturated carbocycles. The highest BCUT2D eigenvalue weighted by Gasteiger charge is 2.09. The van der Waals surface area contributed by atoms with Gasteiger partial charge in [0.05, 0.1) is 17.1 Å². The molecule has 4 heteroatoms. The zero-order valence-corrected chi connectivity index (χ0v) is 12.0. The monoisotopic (exact) mass is 274 g/mol. The summed E-state index contributed by atoms with van der Waals surface area (Å²) < 4.78 is 0. The summed E-state index contributed by atoms with van der Waals surface area (Å²) in [5, 5.41) is 5.97. The number of carbonyl (C=O) groups excluding carboxylic acids is 1. The summed E-state index contributed by atoms with van der Waals surface area (Å²) in [6.07, 6.45) is 0.357. The van der Waals surface area contributed by atoms with Crippen LogP contribution in [-0.4, -0.2) is 10.9 Å². The molecule has 1 heterocycles. The van der Waals surface area contributed by atoms with Crippen molar-refractivity contribution in [2.24, 2.45) is 0 Å². The van der Waals surface area contributed by atoms with E-state index in [4.69, 9.17) is 0 Å². The average Bonchev–Trinajstić information content (AvgIpc) is 2.86. The van der Waals surface area contributed by atoms with Crippen molar-refractivity contribution >= 4 is 17.2 Å². The van der Waals surface area contributed by atoms with E-state index in [1.165, 1.54) is 0 Å². The molecule has 2 aromatic rings. The molecule has 1 N–H and O–H groups in total. The zero-order chi connectivity index (χ0) is 13.7. The van der Waals surface area contributed by atoms with Crippen molar-refractivity contribution in [1.29, 1.82) is 0 Å². The van der Waals surface area contributed by atoms with E-state index >= 15 is 0 Å². The maximum Gasteiger partial charge on any atom is 0.226 e. The highest BCUT2D eigenvalue weighted by molar-refractivity contribution is 7.09. The molecule has 1 amide bonds. The largest absolute Gasteiger partial charge is 0.352 e. The first kappa shape index (κ1) is 13.7. The van der Waals surface area contributed by atoms with Crippen molar-refractivity contribution in [2.75, 3.05) is 0 Å². The lowest BCUT2D eigenvalue weighted by atomic mass is 10.2. The topological polar surface area (TPSA) is 42.0 Å². The molecule has 0 aliphatic heterocycles. The fourth-order valence-electron chi connectivity index (χ4n) is 1.69. The normalized spacial score (nSPS) is 10.7. The van der Waals surface area contributed by atoms with E-state index in [-0.39, 0.29) is 5.91 Å². The van der Waals surface area contributed by atoms with E-state index in [1.54, 1.807) is 11.3 Å². The predicted octanol–water partition coefficient (Wildman–Crippen LogP) is 3.13. The number of hydrogen-bond acceptors (Lipinski definition) is 3. The summed E-state index contributed by atoms with van der Waals surface area (Å²) in [6.45, 7) is 4.79. The molecule has 0 aliphatic carbocycles. The van der Waals surface area contributed by atoms with Crippen LogP contribution in [0.5, 0.6) is 0 Å². The van der Waals surface area contributed by atoms with Crippen LogP contribution >= 0.6 is 11.3 Å². The SMILES string of the molecule is CC(C)c1nc(CC(=O)NCc2ccccc2)cs1. The number of hydrogen-bond donors (Lipinski definition) is 1. The number of aromatic nitrogens is 1. The van der Waals surface area contributed by atoms with Gasteiger partial charge in [-0.1, -0.05) is 44.2 Å². The van der Waals surface area contributed by atoms with Crippen molar-refractivity contribution in [3.05, 3.63) is 52.0 Å². The number of thiazole rings is 1. The van der Waals surface area contributed by atoms with Crippen molar-refractivity contribution in [3.63, 3.8) is 0 Å². The van der Waals surface area contributed by atoms with Crippen LogP contribution in [0.2, 0.25) is 0 Å². The van der Waals surface area contributed by atoms with E-state index in [0.717, 1.165) is 16.3 Å². The molecule has 0 radical (unpaired) electrons. The fourth-order valence-corrected chi connectivity index (χ4v) is 2.53. The summed E-state index contributed by atoms with van der Waals surface area (Å²) in [7, 11) is 0. The molecule has 0 saturated heterocycles. The maximum absolute atomic E-state index is 11.8. The summed E-state index contributed by atoms with van der Waals surface area (Å²) in [4.78, 5) is 16.3. The first-order valence-corrected chi connectivity index (χ1v) is 7.28. The van der Waals surface area contributed by atoms with Crippen LogP contribution in [0.15, 0.2) is 35.7 Å². The van der Waals surface area contributed by atoms with Crippen LogP contribution in [0.25, 0.3) is 0 Å². The molecule has 0 bridgehead atoms. The van der Waals surface area contributed by atoms with Crippen LogP contribution in [0.1, 0.15) is 36.0 Å². The van der Waals surface area contributed by atoms with Crippen LogP contribution in [-0.2, 0) is 17.8 Å². The first-order valence-electron chi connectivity index (χ1n) is 6.40. The fraction of sp³-hybridized carbons (Fsp3) is 0.333. The number of rotatable bonds is 5. The van der Waals surface area contributed by atoms with Gasteiger partial charge in [0.2, 0.25) is 5.91 Å². The Labute approximate surface area is 117 Å². The lowest BCUT2D eigenvalue weighted by molar-refractivity contribution is -0.120. The molecule has 0 spiro atoms. The van der Waals surface area contributed by atoms with Gasteiger partial charge in [-0.2, -0.15) is 0 Å². The van der Waals surface area contributed by atoms with Gasteiger partial charge in [-0.15, -0.1) is 11.3 Å². The van der Waals surface area contributed by atoms with Gasteiger partial charge < -0.3 is 5.32 Å². The van der Waals surface area contributed by atoms with Crippen LogP contribution in [0.3, 0.4) is 0 Å². The second-order valence-corrected chi connectivity index (χ2v) is 5.66. The quantitative estimate of drug-likeness (QED) is 0.910. The van der Waals surface area contributed by atoms with Crippen LogP contribution in [0, 0.1) is 0 Å². The highest BCUT2D eigenvalue weighted by Crippen LogP contribution is 2.19. The third-order valence-electron chi connectivity index (χ3n) is 2.74. The van der Waals surface area contributed by atoms with Gasteiger partial charge in [-0.25, -0.2) is 4.98 Å². The van der Waals surface area contributed by atoms with Gasteiger partial charge in [0.25, 0.3) is 0 Å². The van der Waals surface area contributed by atoms with E-state index in [1.807, 2.05) is 35.7 Å². The van der Waals surface area contributed by atoms with Crippen LogP contribution in [0.4, 0.5) is 0 Å². The maximum atomic E-state index is 11.8. The Morgan fingerprint density at radius 2 is 2.05 bits per heavy atom. The lowest BCUT2D eigenvalue weighted by Crippen LogP contribution is -2.24. The molecule has 100 valence electrons. The van der Waals surface area contributed by atoms with Crippen molar-refractivity contribution in [3.8, 4) is 0 Å². The van der Waals surface area contributed by atoms with Crippen molar-refractivity contribution in [2.45, 2.75) is 32.7 Å². The van der Waals surface area contributed by atoms with Gasteiger partial charge in [0.15, 0.2) is 0 Å². The second kappa shape index (κ2) is 6.48. The molecule has 0 unspecified atom stereocenters. The Bertz CT molecular complexity index is 534. The molecule has 2 rings (SSSR count). The number of nitrogens with one attached hydrogen (secondary N) is 1. The number of amides is 1. The molecule has 1 aromatic heterocycles. The highest BCUT2D eigenvalue weighted by atomic mass is 32.1. The molecular weight excluding hydrogens is 256 g/mol. The summed E-state index contributed by atoms with van der Waals surface area (Å²) >= 11 is 1.62.